The molecule has 1 saturated carbocycles. The molecule has 1 atom stereocenters. The molecule has 1 heterocycles. The van der Waals surface area contributed by atoms with E-state index in [4.69, 9.17) is 0 Å². The van der Waals surface area contributed by atoms with E-state index < -0.39 is 34.2 Å². The zero-order valence-corrected chi connectivity index (χ0v) is 12.3. The van der Waals surface area contributed by atoms with Crippen molar-refractivity contribution in [1.29, 1.82) is 0 Å². The molecule has 2 rings (SSSR count). The highest BCUT2D eigenvalue weighted by Crippen LogP contribution is 2.48. The Morgan fingerprint density at radius 3 is 2.56 bits per heavy atom. The van der Waals surface area contributed by atoms with Gasteiger partial charge in [0.15, 0.2) is 0 Å². The number of rotatable bonds is 3. The van der Waals surface area contributed by atoms with Crippen LogP contribution in [0.5, 0.6) is 0 Å². The van der Waals surface area contributed by atoms with Gasteiger partial charge in [-0.3, -0.25) is 4.79 Å². The van der Waals surface area contributed by atoms with Crippen LogP contribution in [0.2, 0.25) is 0 Å². The Morgan fingerprint density at radius 1 is 1.61 bits per heavy atom. The SMILES string of the molecule is Cc1cc(S(=O)(=O)NC(=O)C2CC2(F)F)sc1Br. The highest BCUT2D eigenvalue weighted by Gasteiger charge is 2.61. The summed E-state index contributed by atoms with van der Waals surface area (Å²) in [4.78, 5) is 11.3. The normalized spacial score (nSPS) is 21.7. The zero-order chi connectivity index (χ0) is 13.7. The van der Waals surface area contributed by atoms with Gasteiger partial charge in [-0.05, 0) is 34.5 Å². The van der Waals surface area contributed by atoms with Gasteiger partial charge in [0.05, 0.1) is 3.79 Å². The molecule has 0 spiro atoms. The molecule has 0 bridgehead atoms. The van der Waals surface area contributed by atoms with E-state index >= 15 is 0 Å². The summed E-state index contributed by atoms with van der Waals surface area (Å²) in [6.45, 7) is 1.69. The molecular formula is C9H8BrF2NO3S2. The summed E-state index contributed by atoms with van der Waals surface area (Å²) in [5, 5.41) is 0. The molecule has 0 aromatic carbocycles. The summed E-state index contributed by atoms with van der Waals surface area (Å²) >= 11 is 4.08. The van der Waals surface area contributed by atoms with Crippen molar-refractivity contribution in [2.75, 3.05) is 0 Å². The summed E-state index contributed by atoms with van der Waals surface area (Å²) in [6, 6.07) is 1.37. The number of sulfonamides is 1. The fraction of sp³-hybridized carbons (Fsp3) is 0.444. The Balaban J connectivity index is 2.16. The Kier molecular flexibility index (Phi) is 3.27. The number of nitrogens with one attached hydrogen (secondary N) is 1. The minimum Gasteiger partial charge on any atom is -0.273 e. The highest BCUT2D eigenvalue weighted by atomic mass is 79.9. The lowest BCUT2D eigenvalue weighted by molar-refractivity contribution is -0.122. The van der Waals surface area contributed by atoms with Gasteiger partial charge in [0.25, 0.3) is 15.9 Å². The van der Waals surface area contributed by atoms with Gasteiger partial charge in [0.2, 0.25) is 5.91 Å². The van der Waals surface area contributed by atoms with Crippen LogP contribution in [0.25, 0.3) is 0 Å². The minimum absolute atomic E-state index is 0.0795. The number of carbonyl (C=O) groups is 1. The van der Waals surface area contributed by atoms with Crippen LogP contribution >= 0.6 is 27.3 Å². The lowest BCUT2D eigenvalue weighted by atomic mass is 10.4. The molecule has 1 amide bonds. The molecule has 1 aromatic rings. The van der Waals surface area contributed by atoms with Gasteiger partial charge in [0, 0.05) is 6.42 Å². The summed E-state index contributed by atoms with van der Waals surface area (Å²) in [5.74, 6) is -5.76. The van der Waals surface area contributed by atoms with Crippen LogP contribution in [-0.4, -0.2) is 20.2 Å². The van der Waals surface area contributed by atoms with Crippen LogP contribution < -0.4 is 4.72 Å². The largest absolute Gasteiger partial charge is 0.273 e. The molecule has 9 heteroatoms. The number of thiophene rings is 1. The lowest BCUT2D eigenvalue weighted by Crippen LogP contribution is -2.32. The summed E-state index contributed by atoms with van der Waals surface area (Å²) in [7, 11) is -4.06. The van der Waals surface area contributed by atoms with Crippen molar-refractivity contribution in [2.45, 2.75) is 23.5 Å². The summed E-state index contributed by atoms with van der Waals surface area (Å²) < 4.78 is 51.0. The molecule has 1 aliphatic rings. The maximum absolute atomic E-state index is 12.6. The van der Waals surface area contributed by atoms with E-state index in [1.807, 2.05) is 0 Å². The third-order valence-electron chi connectivity index (χ3n) is 2.48. The van der Waals surface area contributed by atoms with Crippen molar-refractivity contribution in [1.82, 2.24) is 4.72 Å². The van der Waals surface area contributed by atoms with Crippen LogP contribution in [0.1, 0.15) is 12.0 Å². The first kappa shape index (κ1) is 13.9. The van der Waals surface area contributed by atoms with Gasteiger partial charge in [-0.2, -0.15) is 0 Å². The fourth-order valence-corrected chi connectivity index (χ4v) is 4.56. The maximum Gasteiger partial charge on any atom is 0.273 e. The predicted molar refractivity (Wildman–Crippen MR) is 65.1 cm³/mol. The average Bonchev–Trinajstić information content (AvgIpc) is 2.72. The summed E-state index contributed by atoms with van der Waals surface area (Å²) in [5.41, 5.74) is 0.699. The van der Waals surface area contributed by atoms with E-state index in [0.717, 1.165) is 11.3 Å². The molecule has 0 aliphatic heterocycles. The number of alkyl halides is 2. The Bertz CT molecular complexity index is 592. The monoisotopic (exact) mass is 359 g/mol. The zero-order valence-electron chi connectivity index (χ0n) is 9.04. The van der Waals surface area contributed by atoms with Crippen molar-refractivity contribution in [3.05, 3.63) is 15.4 Å². The molecule has 1 unspecified atom stereocenters. The van der Waals surface area contributed by atoms with Crippen molar-refractivity contribution < 1.29 is 22.0 Å². The topological polar surface area (TPSA) is 63.2 Å². The molecule has 1 fully saturated rings. The van der Waals surface area contributed by atoms with Gasteiger partial charge < -0.3 is 0 Å². The molecule has 0 radical (unpaired) electrons. The van der Waals surface area contributed by atoms with Crippen molar-refractivity contribution in [3.63, 3.8) is 0 Å². The van der Waals surface area contributed by atoms with E-state index in [9.17, 15) is 22.0 Å². The van der Waals surface area contributed by atoms with Crippen molar-refractivity contribution in [2.24, 2.45) is 5.92 Å². The Morgan fingerprint density at radius 2 is 2.17 bits per heavy atom. The standard InChI is InChI=1S/C9H8BrF2NO3S2/c1-4-2-6(17-7(4)10)18(15,16)13-8(14)5-3-9(5,11)12/h2,5H,3H2,1H3,(H,13,14). The fourth-order valence-electron chi connectivity index (χ4n) is 1.32. The first-order valence-electron chi connectivity index (χ1n) is 4.84. The lowest BCUT2D eigenvalue weighted by Gasteiger charge is -2.03. The van der Waals surface area contributed by atoms with E-state index in [1.54, 1.807) is 11.6 Å². The quantitative estimate of drug-likeness (QED) is 0.900. The molecule has 1 aliphatic carbocycles. The molecule has 4 nitrogen and oxygen atoms in total. The maximum atomic E-state index is 12.6. The van der Waals surface area contributed by atoms with Gasteiger partial charge in [0.1, 0.15) is 10.1 Å². The van der Waals surface area contributed by atoms with Crippen LogP contribution in [0, 0.1) is 12.8 Å². The first-order valence-corrected chi connectivity index (χ1v) is 7.93. The van der Waals surface area contributed by atoms with E-state index in [-0.39, 0.29) is 4.21 Å². The number of hydrogen-bond acceptors (Lipinski definition) is 4. The second kappa shape index (κ2) is 4.24. The van der Waals surface area contributed by atoms with Crippen molar-refractivity contribution in [3.8, 4) is 0 Å². The number of hydrogen-bond donors (Lipinski definition) is 1. The third-order valence-corrected chi connectivity index (χ3v) is 6.43. The first-order chi connectivity index (χ1) is 8.13. The van der Waals surface area contributed by atoms with E-state index in [1.165, 1.54) is 6.07 Å². The Labute approximate surface area is 115 Å². The molecule has 1 aromatic heterocycles. The molecular weight excluding hydrogens is 352 g/mol. The number of halogens is 3. The minimum atomic E-state index is -4.06. The Hall–Kier alpha value is -0.540. The number of carbonyl (C=O) groups excluding carboxylic acids is 1. The van der Waals surface area contributed by atoms with Gasteiger partial charge >= 0.3 is 0 Å². The smallest absolute Gasteiger partial charge is 0.273 e. The van der Waals surface area contributed by atoms with Crippen LogP contribution in [0.3, 0.4) is 0 Å². The summed E-state index contributed by atoms with van der Waals surface area (Å²) in [6.07, 6.45) is -0.596. The van der Waals surface area contributed by atoms with E-state index in [2.05, 4.69) is 15.9 Å². The second-order valence-corrected chi connectivity index (χ2v) is 8.29. The van der Waals surface area contributed by atoms with Gasteiger partial charge in [-0.15, -0.1) is 11.3 Å². The molecule has 18 heavy (non-hydrogen) atoms. The van der Waals surface area contributed by atoms with Crippen LogP contribution in [0.4, 0.5) is 8.78 Å². The molecule has 1 N–H and O–H groups in total. The molecule has 100 valence electrons. The van der Waals surface area contributed by atoms with E-state index in [0.29, 0.717) is 9.35 Å². The molecule has 0 saturated heterocycles. The number of aryl methyl sites for hydroxylation is 1. The van der Waals surface area contributed by atoms with Crippen molar-refractivity contribution >= 4 is 43.2 Å². The average molecular weight is 360 g/mol. The van der Waals surface area contributed by atoms with Crippen LogP contribution in [0.15, 0.2) is 14.1 Å². The predicted octanol–water partition coefficient (Wildman–Crippen LogP) is 2.28. The number of amides is 1. The van der Waals surface area contributed by atoms with Crippen LogP contribution in [-0.2, 0) is 14.8 Å². The highest BCUT2D eigenvalue weighted by molar-refractivity contribution is 9.11. The van der Waals surface area contributed by atoms with Gasteiger partial charge in [-0.25, -0.2) is 21.9 Å². The second-order valence-electron chi connectivity index (χ2n) is 4.01. The third kappa shape index (κ3) is 2.57. The van der Waals surface area contributed by atoms with Gasteiger partial charge in [-0.1, -0.05) is 0 Å².